The van der Waals surface area contributed by atoms with Crippen molar-refractivity contribution in [1.82, 2.24) is 5.43 Å². The minimum absolute atomic E-state index is 0.120. The van der Waals surface area contributed by atoms with Crippen LogP contribution < -0.4 is 11.3 Å². The van der Waals surface area contributed by atoms with E-state index in [0.29, 0.717) is 6.42 Å². The Hall–Kier alpha value is -1.04. The average Bonchev–Trinajstić information content (AvgIpc) is 2.74. The molecule has 1 aromatic rings. The highest BCUT2D eigenvalue weighted by atomic mass is 19.2. The van der Waals surface area contributed by atoms with Gasteiger partial charge in [-0.2, -0.15) is 0 Å². The summed E-state index contributed by atoms with van der Waals surface area (Å²) in [6.07, 6.45) is 6.99. The summed E-state index contributed by atoms with van der Waals surface area (Å²) in [5, 5.41) is 0. The third kappa shape index (κ3) is 3.78. The van der Waals surface area contributed by atoms with Crippen LogP contribution in [-0.4, -0.2) is 18.8 Å². The lowest BCUT2D eigenvalue weighted by atomic mass is 9.83. The molecule has 1 fully saturated rings. The largest absolute Gasteiger partial charge is 0.377 e. The van der Waals surface area contributed by atoms with E-state index in [0.717, 1.165) is 37.3 Å². The minimum Gasteiger partial charge on any atom is -0.377 e. The van der Waals surface area contributed by atoms with Gasteiger partial charge in [-0.3, -0.25) is 11.3 Å². The van der Waals surface area contributed by atoms with Crippen LogP contribution in [0.4, 0.5) is 8.78 Å². The topological polar surface area (TPSA) is 47.3 Å². The van der Waals surface area contributed by atoms with Crippen LogP contribution >= 0.6 is 0 Å². The maximum atomic E-state index is 13.4. The van der Waals surface area contributed by atoms with Gasteiger partial charge in [0.15, 0.2) is 11.6 Å². The molecule has 2 rings (SSSR count). The van der Waals surface area contributed by atoms with E-state index in [-0.39, 0.29) is 11.6 Å². The van der Waals surface area contributed by atoms with Crippen LogP contribution in [0.5, 0.6) is 0 Å². The summed E-state index contributed by atoms with van der Waals surface area (Å²) in [7, 11) is 1.71. The molecule has 0 aromatic heterocycles. The second-order valence-corrected chi connectivity index (χ2v) is 5.85. The van der Waals surface area contributed by atoms with Gasteiger partial charge >= 0.3 is 0 Å². The minimum atomic E-state index is -0.827. The molecule has 0 spiro atoms. The lowest BCUT2D eigenvalue weighted by Crippen LogP contribution is -2.55. The van der Waals surface area contributed by atoms with E-state index in [1.165, 1.54) is 18.9 Å². The first-order valence-electron chi connectivity index (χ1n) is 7.56. The molecule has 0 saturated heterocycles. The summed E-state index contributed by atoms with van der Waals surface area (Å²) >= 11 is 0. The Labute approximate surface area is 124 Å². The van der Waals surface area contributed by atoms with Crippen molar-refractivity contribution in [1.29, 1.82) is 0 Å². The third-order valence-electron chi connectivity index (χ3n) is 4.62. The summed E-state index contributed by atoms with van der Waals surface area (Å²) in [4.78, 5) is 0. The van der Waals surface area contributed by atoms with E-state index < -0.39 is 11.6 Å². The number of nitrogens with two attached hydrogens (primary N) is 1. The van der Waals surface area contributed by atoms with E-state index in [4.69, 9.17) is 10.6 Å². The van der Waals surface area contributed by atoms with Gasteiger partial charge in [0.2, 0.25) is 0 Å². The van der Waals surface area contributed by atoms with Crippen molar-refractivity contribution in [2.45, 2.75) is 56.6 Å². The number of rotatable bonds is 5. The molecule has 21 heavy (non-hydrogen) atoms. The van der Waals surface area contributed by atoms with Crippen LogP contribution in [0.25, 0.3) is 0 Å². The number of benzene rings is 1. The fourth-order valence-corrected chi connectivity index (χ4v) is 3.32. The molecule has 3 N–H and O–H groups in total. The van der Waals surface area contributed by atoms with Crippen molar-refractivity contribution in [2.24, 2.45) is 5.84 Å². The molecule has 0 bridgehead atoms. The Bertz CT molecular complexity index is 460. The van der Waals surface area contributed by atoms with Crippen molar-refractivity contribution in [3.05, 3.63) is 35.4 Å². The van der Waals surface area contributed by atoms with Crippen LogP contribution in [0.3, 0.4) is 0 Å². The first-order chi connectivity index (χ1) is 10.1. The fourth-order valence-electron chi connectivity index (χ4n) is 3.32. The SMILES string of the molecule is COC1(C(Cc2ccc(F)c(F)c2)NN)CCCCCC1. The lowest BCUT2D eigenvalue weighted by Gasteiger charge is -2.39. The number of nitrogens with one attached hydrogen (secondary N) is 1. The Kier molecular flexibility index (Phi) is 5.67. The Morgan fingerprint density at radius 1 is 1.19 bits per heavy atom. The van der Waals surface area contributed by atoms with Crippen LogP contribution in [0.15, 0.2) is 18.2 Å². The molecule has 0 amide bonds. The van der Waals surface area contributed by atoms with Crippen molar-refractivity contribution in [3.8, 4) is 0 Å². The second-order valence-electron chi connectivity index (χ2n) is 5.85. The number of ether oxygens (including phenoxy) is 1. The molecular weight excluding hydrogens is 274 g/mol. The zero-order valence-corrected chi connectivity index (χ0v) is 12.5. The maximum Gasteiger partial charge on any atom is 0.159 e. The maximum absolute atomic E-state index is 13.4. The summed E-state index contributed by atoms with van der Waals surface area (Å²) in [6, 6.07) is 3.87. The zero-order valence-electron chi connectivity index (χ0n) is 12.5. The average molecular weight is 298 g/mol. The van der Waals surface area contributed by atoms with Crippen LogP contribution in [0, 0.1) is 11.6 Å². The van der Waals surface area contributed by atoms with Gasteiger partial charge in [-0.05, 0) is 37.0 Å². The summed E-state index contributed by atoms with van der Waals surface area (Å²) < 4.78 is 32.2. The van der Waals surface area contributed by atoms with Gasteiger partial charge < -0.3 is 4.74 Å². The fraction of sp³-hybridized carbons (Fsp3) is 0.625. The number of halogens is 2. The Morgan fingerprint density at radius 2 is 1.86 bits per heavy atom. The summed E-state index contributed by atoms with van der Waals surface area (Å²) in [5.41, 5.74) is 3.22. The molecule has 1 atom stereocenters. The van der Waals surface area contributed by atoms with E-state index in [9.17, 15) is 8.78 Å². The molecule has 1 aliphatic rings. The standard InChI is InChI=1S/C16H24F2N2O/c1-21-16(8-4-2-3-5-9-16)15(20-19)11-12-6-7-13(17)14(18)10-12/h6-7,10,15,20H,2-5,8-9,11,19H2,1H3. The summed E-state index contributed by atoms with van der Waals surface area (Å²) in [6.45, 7) is 0. The molecule has 3 nitrogen and oxygen atoms in total. The van der Waals surface area contributed by atoms with Gasteiger partial charge in [0.25, 0.3) is 0 Å². The molecular formula is C16H24F2N2O. The number of methoxy groups -OCH3 is 1. The van der Waals surface area contributed by atoms with Gasteiger partial charge in [0.05, 0.1) is 11.6 Å². The van der Waals surface area contributed by atoms with Crippen LogP contribution in [0.1, 0.15) is 44.1 Å². The van der Waals surface area contributed by atoms with E-state index in [1.807, 2.05) is 0 Å². The molecule has 0 radical (unpaired) electrons. The third-order valence-corrected chi connectivity index (χ3v) is 4.62. The first kappa shape index (κ1) is 16.3. The molecule has 0 heterocycles. The smallest absolute Gasteiger partial charge is 0.159 e. The van der Waals surface area contributed by atoms with Crippen molar-refractivity contribution >= 4 is 0 Å². The van der Waals surface area contributed by atoms with Gasteiger partial charge in [-0.25, -0.2) is 8.78 Å². The highest BCUT2D eigenvalue weighted by Gasteiger charge is 2.38. The van der Waals surface area contributed by atoms with E-state index in [2.05, 4.69) is 5.43 Å². The molecule has 1 saturated carbocycles. The zero-order chi connectivity index (χ0) is 15.3. The highest BCUT2D eigenvalue weighted by molar-refractivity contribution is 5.20. The molecule has 0 aliphatic heterocycles. The first-order valence-corrected chi connectivity index (χ1v) is 7.56. The molecule has 5 heteroatoms. The molecule has 1 unspecified atom stereocenters. The van der Waals surface area contributed by atoms with Crippen molar-refractivity contribution in [2.75, 3.05) is 7.11 Å². The van der Waals surface area contributed by atoms with Crippen LogP contribution in [-0.2, 0) is 11.2 Å². The van der Waals surface area contributed by atoms with E-state index >= 15 is 0 Å². The number of hydrogen-bond acceptors (Lipinski definition) is 3. The summed E-state index contributed by atoms with van der Waals surface area (Å²) in [5.74, 6) is 4.08. The number of hydrogen-bond donors (Lipinski definition) is 2. The normalized spacial score (nSPS) is 20.0. The molecule has 1 aromatic carbocycles. The van der Waals surface area contributed by atoms with Gasteiger partial charge in [0.1, 0.15) is 0 Å². The Morgan fingerprint density at radius 3 is 2.38 bits per heavy atom. The second kappa shape index (κ2) is 7.29. The predicted octanol–water partition coefficient (Wildman–Crippen LogP) is 3.08. The van der Waals surface area contributed by atoms with E-state index in [1.54, 1.807) is 13.2 Å². The van der Waals surface area contributed by atoms with Crippen LogP contribution in [0.2, 0.25) is 0 Å². The lowest BCUT2D eigenvalue weighted by molar-refractivity contribution is -0.0527. The van der Waals surface area contributed by atoms with Crippen molar-refractivity contribution in [3.63, 3.8) is 0 Å². The highest BCUT2D eigenvalue weighted by Crippen LogP contribution is 2.34. The quantitative estimate of drug-likeness (QED) is 0.499. The molecule has 118 valence electrons. The predicted molar refractivity (Wildman–Crippen MR) is 78.6 cm³/mol. The van der Waals surface area contributed by atoms with Gasteiger partial charge in [-0.15, -0.1) is 0 Å². The monoisotopic (exact) mass is 298 g/mol. The Balaban J connectivity index is 2.18. The number of hydrazine groups is 1. The van der Waals surface area contributed by atoms with Crippen molar-refractivity contribution < 1.29 is 13.5 Å². The van der Waals surface area contributed by atoms with Gasteiger partial charge in [0, 0.05) is 7.11 Å². The van der Waals surface area contributed by atoms with Gasteiger partial charge in [-0.1, -0.05) is 31.7 Å². The molecule has 1 aliphatic carbocycles.